The van der Waals surface area contributed by atoms with Gasteiger partial charge in [-0.2, -0.15) is 0 Å². The highest BCUT2D eigenvalue weighted by atomic mass is 32.2. The zero-order valence-corrected chi connectivity index (χ0v) is 24.0. The lowest BCUT2D eigenvalue weighted by Gasteiger charge is -2.22. The molecule has 1 aliphatic heterocycles. The summed E-state index contributed by atoms with van der Waals surface area (Å²) in [5.41, 5.74) is 8.32. The van der Waals surface area contributed by atoms with Gasteiger partial charge in [0.2, 0.25) is 0 Å². The fourth-order valence-electron chi connectivity index (χ4n) is 5.71. The molecule has 5 heterocycles. The van der Waals surface area contributed by atoms with Crippen LogP contribution in [0.25, 0.3) is 56.0 Å². The van der Waals surface area contributed by atoms with Gasteiger partial charge in [0.05, 0.1) is 39.4 Å². The van der Waals surface area contributed by atoms with Crippen LogP contribution in [-0.2, 0) is 24.0 Å². The second-order valence-corrected chi connectivity index (χ2v) is 11.6. The smallest absolute Gasteiger partial charge is 0.255 e. The largest absolute Gasteiger partial charge is 0.455 e. The molecule has 1 N–H and O–H groups in total. The third kappa shape index (κ3) is 4.09. The normalized spacial score (nSPS) is 13.1. The average Bonchev–Trinajstić information content (AvgIpc) is 3.58. The van der Waals surface area contributed by atoms with Crippen molar-refractivity contribution in [1.82, 2.24) is 19.9 Å². The van der Waals surface area contributed by atoms with E-state index in [2.05, 4.69) is 33.1 Å². The van der Waals surface area contributed by atoms with Crippen molar-refractivity contribution in [3.63, 3.8) is 0 Å². The van der Waals surface area contributed by atoms with Crippen LogP contribution in [0.4, 0.5) is 10.1 Å². The lowest BCUT2D eigenvalue weighted by atomic mass is 9.98. The second kappa shape index (κ2) is 9.92. The number of hydrogen-bond acceptors (Lipinski definition) is 5. The number of fused-ring (bicyclic) bond motifs is 6. The molecule has 0 saturated heterocycles. The number of furan rings is 1. The Kier molecular flexibility index (Phi) is 6.16. The van der Waals surface area contributed by atoms with E-state index in [1.54, 1.807) is 49.1 Å². The molecule has 0 fully saturated rings. The molecule has 2 aromatic carbocycles. The zero-order chi connectivity index (χ0) is 29.1. The molecule has 1 atom stereocenters. The third-order valence-electron chi connectivity index (χ3n) is 7.87. The quantitative estimate of drug-likeness (QED) is 0.272. The minimum Gasteiger partial charge on any atom is -0.455 e. The number of amides is 1. The van der Waals surface area contributed by atoms with Crippen LogP contribution in [0.15, 0.2) is 77.3 Å². The minimum absolute atomic E-state index is 0.322. The number of nitrogens with one attached hydrogen (secondary N) is 1. The number of aromatic nitrogens is 3. The van der Waals surface area contributed by atoms with Crippen LogP contribution in [-0.4, -0.2) is 45.0 Å². The highest BCUT2D eigenvalue weighted by Crippen LogP contribution is 2.42. The fourth-order valence-corrected chi connectivity index (χ4v) is 6.14. The molecule has 0 saturated carbocycles. The van der Waals surface area contributed by atoms with Crippen LogP contribution < -0.4 is 9.62 Å². The summed E-state index contributed by atoms with van der Waals surface area (Å²) < 4.78 is 36.6. The number of aryl methyl sites for hydroxylation is 2. The van der Waals surface area contributed by atoms with E-state index in [0.717, 1.165) is 41.0 Å². The first-order chi connectivity index (χ1) is 20.3. The third-order valence-corrected chi connectivity index (χ3v) is 8.83. The first-order valence-corrected chi connectivity index (χ1v) is 15.0. The summed E-state index contributed by atoms with van der Waals surface area (Å²) in [4.78, 5) is 22.9. The highest BCUT2D eigenvalue weighted by molar-refractivity contribution is 7.85. The van der Waals surface area contributed by atoms with E-state index in [1.807, 2.05) is 18.2 Å². The molecule has 1 unspecified atom stereocenters. The van der Waals surface area contributed by atoms with E-state index < -0.39 is 11.0 Å². The van der Waals surface area contributed by atoms with Gasteiger partial charge in [-0.05, 0) is 66.6 Å². The Morgan fingerprint density at radius 1 is 1.12 bits per heavy atom. The van der Waals surface area contributed by atoms with Crippen molar-refractivity contribution >= 4 is 44.6 Å². The van der Waals surface area contributed by atoms with E-state index in [9.17, 15) is 13.4 Å². The Balaban J connectivity index is 1.48. The van der Waals surface area contributed by atoms with Crippen molar-refractivity contribution < 1.29 is 17.8 Å². The van der Waals surface area contributed by atoms with Gasteiger partial charge >= 0.3 is 0 Å². The number of anilines is 1. The maximum absolute atomic E-state index is 13.7. The summed E-state index contributed by atoms with van der Waals surface area (Å²) in [7, 11) is 1.94. The number of carbonyl (C=O) groups is 1. The van der Waals surface area contributed by atoms with Gasteiger partial charge in [0.25, 0.3) is 5.91 Å². The van der Waals surface area contributed by atoms with Gasteiger partial charge in [0, 0.05) is 55.7 Å². The summed E-state index contributed by atoms with van der Waals surface area (Å²) >= 11 is 0. The van der Waals surface area contributed by atoms with E-state index in [-0.39, 0.29) is 11.7 Å². The topological polar surface area (TPSA) is 93.3 Å². The number of hydrogen-bond donors (Lipinski definition) is 1. The highest BCUT2D eigenvalue weighted by Gasteiger charge is 2.26. The van der Waals surface area contributed by atoms with Crippen molar-refractivity contribution in [3.05, 3.63) is 89.9 Å². The average molecular weight is 580 g/mol. The van der Waals surface area contributed by atoms with Crippen LogP contribution in [0.2, 0.25) is 0 Å². The molecule has 0 radical (unpaired) electrons. The molecule has 10 heteroatoms. The molecular weight excluding hydrogens is 553 g/mol. The lowest BCUT2D eigenvalue weighted by molar-refractivity contribution is 0.0964. The first-order valence-electron chi connectivity index (χ1n) is 13.4. The summed E-state index contributed by atoms with van der Waals surface area (Å²) in [6.45, 7) is 0.837. The molecule has 42 heavy (non-hydrogen) atoms. The number of carbonyl (C=O) groups excluding carboxylic acids is 1. The SMILES string of the molecule is CNC(=O)c1c(-c2ccc(F)cc2)oc2cc(N(C)S(C)=O)c(-c3ccc4c(n3)-c3cc5ncccc5n3CC4)cc12. The van der Waals surface area contributed by atoms with Gasteiger partial charge < -0.3 is 14.3 Å². The second-order valence-electron chi connectivity index (χ2n) is 10.2. The van der Waals surface area contributed by atoms with Gasteiger partial charge in [-0.25, -0.2) is 13.6 Å². The molecule has 7 rings (SSSR count). The number of halogens is 1. The van der Waals surface area contributed by atoms with E-state index in [4.69, 9.17) is 9.40 Å². The Hall–Kier alpha value is -4.83. The van der Waals surface area contributed by atoms with Gasteiger partial charge in [0.15, 0.2) is 0 Å². The van der Waals surface area contributed by atoms with Crippen LogP contribution in [0, 0.1) is 5.82 Å². The summed E-state index contributed by atoms with van der Waals surface area (Å²) in [6.07, 6.45) is 4.22. The summed E-state index contributed by atoms with van der Waals surface area (Å²) in [5.74, 6) is -0.404. The molecule has 8 nitrogen and oxygen atoms in total. The number of pyridine rings is 2. The molecule has 0 aliphatic carbocycles. The minimum atomic E-state index is -1.35. The lowest BCUT2D eigenvalue weighted by Crippen LogP contribution is -2.20. The van der Waals surface area contributed by atoms with Crippen molar-refractivity contribution in [2.75, 3.05) is 24.7 Å². The monoisotopic (exact) mass is 579 g/mol. The fraction of sp³-hybridized carbons (Fsp3) is 0.156. The van der Waals surface area contributed by atoms with Crippen LogP contribution in [0.1, 0.15) is 15.9 Å². The van der Waals surface area contributed by atoms with E-state index in [1.165, 1.54) is 12.1 Å². The van der Waals surface area contributed by atoms with Crippen LogP contribution >= 0.6 is 0 Å². The van der Waals surface area contributed by atoms with Crippen molar-refractivity contribution in [2.24, 2.45) is 0 Å². The summed E-state index contributed by atoms with van der Waals surface area (Å²) in [6, 6.07) is 19.6. The summed E-state index contributed by atoms with van der Waals surface area (Å²) in [5, 5.41) is 3.27. The first kappa shape index (κ1) is 26.1. The molecule has 0 spiro atoms. The Morgan fingerprint density at radius 3 is 2.69 bits per heavy atom. The van der Waals surface area contributed by atoms with Gasteiger partial charge in [0.1, 0.15) is 28.1 Å². The van der Waals surface area contributed by atoms with E-state index in [0.29, 0.717) is 44.8 Å². The molecule has 210 valence electrons. The zero-order valence-electron chi connectivity index (χ0n) is 23.1. The van der Waals surface area contributed by atoms with E-state index >= 15 is 0 Å². The molecular formula is C32H26FN5O3S. The van der Waals surface area contributed by atoms with Crippen molar-refractivity contribution in [3.8, 4) is 34.0 Å². The number of nitrogens with zero attached hydrogens (tertiary/aromatic N) is 4. The predicted octanol–water partition coefficient (Wildman–Crippen LogP) is 5.96. The Labute approximate surface area is 243 Å². The predicted molar refractivity (Wildman–Crippen MR) is 163 cm³/mol. The molecule has 6 aromatic rings. The maximum Gasteiger partial charge on any atom is 0.255 e. The maximum atomic E-state index is 13.7. The molecule has 4 aromatic heterocycles. The van der Waals surface area contributed by atoms with Crippen LogP contribution in [0.3, 0.4) is 0 Å². The molecule has 1 amide bonds. The van der Waals surface area contributed by atoms with Crippen molar-refractivity contribution in [2.45, 2.75) is 13.0 Å². The molecule has 0 bridgehead atoms. The molecule has 1 aliphatic rings. The van der Waals surface area contributed by atoms with Crippen LogP contribution in [0.5, 0.6) is 0 Å². The standard InChI is InChI=1S/C32H26FN5O3S/c1-34-32(39)29-22-15-21(26(37(2)42(3)40)17-28(22)41-31(29)19-6-9-20(33)10-7-19)23-11-8-18-12-14-38-25-5-4-13-35-24(25)16-27(38)30(18)36-23/h4-11,13,15-17H,12,14H2,1-3H3,(H,34,39). The number of rotatable bonds is 5. The van der Waals surface area contributed by atoms with Gasteiger partial charge in [-0.15, -0.1) is 0 Å². The van der Waals surface area contributed by atoms with Crippen molar-refractivity contribution in [1.29, 1.82) is 0 Å². The Morgan fingerprint density at radius 2 is 1.93 bits per heavy atom. The van der Waals surface area contributed by atoms with Gasteiger partial charge in [-0.1, -0.05) is 6.07 Å². The van der Waals surface area contributed by atoms with Gasteiger partial charge in [-0.3, -0.25) is 14.1 Å². The Bertz CT molecular complexity index is 2070. The number of benzene rings is 2.